The first-order valence-corrected chi connectivity index (χ1v) is 8.51. The number of aliphatic carboxylic acids is 1. The smallest absolute Gasteiger partial charge is 0.303 e. The van der Waals surface area contributed by atoms with Crippen molar-refractivity contribution in [3.8, 4) is 0 Å². The van der Waals surface area contributed by atoms with Gasteiger partial charge in [-0.25, -0.2) is 0 Å². The van der Waals surface area contributed by atoms with Crippen LogP contribution in [0.1, 0.15) is 51.4 Å². The lowest BCUT2D eigenvalue weighted by atomic mass is 10.1. The second-order valence-electron chi connectivity index (χ2n) is 4.35. The first kappa shape index (κ1) is 15.3. The summed E-state index contributed by atoms with van der Waals surface area (Å²) in [6.07, 6.45) is 8.50. The molecular weight excluding hydrogens is 272 g/mol. The van der Waals surface area contributed by atoms with Gasteiger partial charge < -0.3 is 5.11 Å². The quantitative estimate of drug-likeness (QED) is 0.506. The molecule has 17 heavy (non-hydrogen) atoms. The van der Waals surface area contributed by atoms with E-state index in [0.717, 1.165) is 21.6 Å². The molecule has 2 nitrogen and oxygen atoms in total. The fourth-order valence-electron chi connectivity index (χ4n) is 1.86. The minimum atomic E-state index is -0.670. The predicted molar refractivity (Wildman–Crippen MR) is 81.0 cm³/mol. The summed E-state index contributed by atoms with van der Waals surface area (Å²) in [6.45, 7) is 0. The van der Waals surface area contributed by atoms with E-state index in [-0.39, 0.29) is 0 Å². The van der Waals surface area contributed by atoms with Crippen molar-refractivity contribution in [2.24, 2.45) is 0 Å². The van der Waals surface area contributed by atoms with Gasteiger partial charge in [-0.1, -0.05) is 44.3 Å². The van der Waals surface area contributed by atoms with Crippen LogP contribution in [0.2, 0.25) is 0 Å². The van der Waals surface area contributed by atoms with E-state index in [1.165, 1.54) is 37.9 Å². The van der Waals surface area contributed by atoms with Crippen molar-refractivity contribution < 1.29 is 9.90 Å². The zero-order chi connectivity index (χ0) is 12.5. The van der Waals surface area contributed by atoms with E-state index >= 15 is 0 Å². The Morgan fingerprint density at radius 2 is 1.88 bits per heavy atom. The summed E-state index contributed by atoms with van der Waals surface area (Å²) in [5.74, 6) is 0.527. The first-order chi connectivity index (χ1) is 8.18. The fraction of sp³-hybridized carbons (Fsp3) is 0.833. The van der Waals surface area contributed by atoms with Crippen LogP contribution < -0.4 is 0 Å². The van der Waals surface area contributed by atoms with Gasteiger partial charge in [0.05, 0.1) is 0 Å². The number of hydrogen-bond donors (Lipinski definition) is 1. The van der Waals surface area contributed by atoms with Gasteiger partial charge in [0.1, 0.15) is 3.53 Å². The van der Waals surface area contributed by atoms with Gasteiger partial charge in [0.25, 0.3) is 0 Å². The van der Waals surface area contributed by atoms with E-state index in [0.29, 0.717) is 6.42 Å². The van der Waals surface area contributed by atoms with Gasteiger partial charge in [-0.15, -0.1) is 23.5 Å². The third-order valence-corrected chi connectivity index (χ3v) is 6.05. The van der Waals surface area contributed by atoms with Gasteiger partial charge in [0.2, 0.25) is 0 Å². The highest BCUT2D eigenvalue weighted by molar-refractivity contribution is 8.49. The molecular formula is C12H20O2S3. The van der Waals surface area contributed by atoms with Crippen LogP contribution in [-0.2, 0) is 4.79 Å². The summed E-state index contributed by atoms with van der Waals surface area (Å²) < 4.78 is 1.11. The van der Waals surface area contributed by atoms with E-state index in [1.807, 2.05) is 23.5 Å². The summed E-state index contributed by atoms with van der Waals surface area (Å²) in [6, 6.07) is 0. The summed E-state index contributed by atoms with van der Waals surface area (Å²) >= 11 is 8.84. The van der Waals surface area contributed by atoms with Crippen LogP contribution in [0.25, 0.3) is 0 Å². The number of carboxylic acids is 1. The average molecular weight is 292 g/mol. The molecule has 1 aliphatic rings. The minimum Gasteiger partial charge on any atom is -0.481 e. The van der Waals surface area contributed by atoms with Crippen LogP contribution in [0.4, 0.5) is 0 Å². The molecule has 0 aromatic rings. The van der Waals surface area contributed by atoms with Gasteiger partial charge >= 0.3 is 5.97 Å². The maximum Gasteiger partial charge on any atom is 0.303 e. The summed E-state index contributed by atoms with van der Waals surface area (Å²) in [4.78, 5) is 10.3. The normalized spacial score (nSPS) is 19.8. The number of rotatable bonds is 9. The van der Waals surface area contributed by atoms with Crippen LogP contribution in [0.15, 0.2) is 0 Å². The molecule has 1 aliphatic heterocycles. The Bertz CT molecular complexity index is 256. The zero-order valence-electron chi connectivity index (χ0n) is 10.0. The molecule has 1 rings (SSSR count). The van der Waals surface area contributed by atoms with Crippen LogP contribution >= 0.6 is 35.7 Å². The Balaban J connectivity index is 1.81. The summed E-state index contributed by atoms with van der Waals surface area (Å²) in [7, 11) is 0. The molecule has 98 valence electrons. The molecule has 0 radical (unpaired) electrons. The lowest BCUT2D eigenvalue weighted by molar-refractivity contribution is -0.137. The molecule has 0 spiro atoms. The van der Waals surface area contributed by atoms with E-state index in [4.69, 9.17) is 17.3 Å². The second kappa shape index (κ2) is 9.22. The third kappa shape index (κ3) is 8.06. The van der Waals surface area contributed by atoms with Crippen LogP contribution in [-0.4, -0.2) is 25.6 Å². The third-order valence-electron chi connectivity index (χ3n) is 2.82. The standard InChI is InChI=1S/C12H20O2S3/c13-11(14)8-6-4-2-1-3-5-7-10-9-16-12(15)17-10/h10H,1-9H2,(H,13,14). The van der Waals surface area contributed by atoms with Crippen molar-refractivity contribution in [2.45, 2.75) is 56.6 Å². The Hall–Kier alpha value is 0.260. The van der Waals surface area contributed by atoms with E-state index in [9.17, 15) is 4.79 Å². The van der Waals surface area contributed by atoms with Crippen molar-refractivity contribution in [1.29, 1.82) is 0 Å². The van der Waals surface area contributed by atoms with Crippen molar-refractivity contribution in [3.63, 3.8) is 0 Å². The molecule has 1 unspecified atom stereocenters. The molecule has 1 atom stereocenters. The van der Waals surface area contributed by atoms with Crippen molar-refractivity contribution in [1.82, 2.24) is 0 Å². The maximum absolute atomic E-state index is 10.3. The maximum atomic E-state index is 10.3. The Morgan fingerprint density at radius 1 is 1.24 bits per heavy atom. The van der Waals surface area contributed by atoms with Crippen LogP contribution in [0.3, 0.4) is 0 Å². The number of hydrogen-bond acceptors (Lipinski definition) is 4. The lowest BCUT2D eigenvalue weighted by Gasteiger charge is -2.06. The van der Waals surface area contributed by atoms with Crippen molar-refractivity contribution in [3.05, 3.63) is 0 Å². The Labute approximate surface area is 117 Å². The number of thioether (sulfide) groups is 2. The molecule has 0 aromatic carbocycles. The number of thiocarbonyl (C=S) groups is 1. The number of carbonyl (C=O) groups is 1. The molecule has 1 saturated heterocycles. The molecule has 1 fully saturated rings. The minimum absolute atomic E-state index is 0.327. The average Bonchev–Trinajstić information content (AvgIpc) is 2.68. The molecule has 0 bridgehead atoms. The molecule has 5 heteroatoms. The van der Waals surface area contributed by atoms with E-state index in [2.05, 4.69) is 0 Å². The van der Waals surface area contributed by atoms with Crippen LogP contribution in [0, 0.1) is 0 Å². The highest BCUT2D eigenvalue weighted by Crippen LogP contribution is 2.35. The van der Waals surface area contributed by atoms with Gasteiger partial charge in [-0.3, -0.25) is 4.79 Å². The van der Waals surface area contributed by atoms with Gasteiger partial charge in [-0.05, 0) is 12.8 Å². The highest BCUT2D eigenvalue weighted by atomic mass is 32.2. The first-order valence-electron chi connectivity index (χ1n) is 6.23. The van der Waals surface area contributed by atoms with E-state index in [1.54, 1.807) is 0 Å². The second-order valence-corrected chi connectivity index (χ2v) is 7.88. The lowest BCUT2D eigenvalue weighted by Crippen LogP contribution is -2.00. The van der Waals surface area contributed by atoms with Crippen LogP contribution in [0.5, 0.6) is 0 Å². The van der Waals surface area contributed by atoms with Gasteiger partial charge in [-0.2, -0.15) is 0 Å². The number of unbranched alkanes of at least 4 members (excludes halogenated alkanes) is 5. The number of carboxylic acid groups (broad SMARTS) is 1. The monoisotopic (exact) mass is 292 g/mol. The molecule has 0 aliphatic carbocycles. The Morgan fingerprint density at radius 3 is 2.47 bits per heavy atom. The topological polar surface area (TPSA) is 37.3 Å². The molecule has 1 N–H and O–H groups in total. The van der Waals surface area contributed by atoms with Crippen molar-refractivity contribution in [2.75, 3.05) is 5.75 Å². The molecule has 1 heterocycles. The summed E-state index contributed by atoms with van der Waals surface area (Å²) in [5.41, 5.74) is 0. The van der Waals surface area contributed by atoms with Gasteiger partial charge in [0.15, 0.2) is 0 Å². The SMILES string of the molecule is O=C(O)CCCCCCCCC1CSC(=S)S1. The molecule has 0 saturated carbocycles. The highest BCUT2D eigenvalue weighted by Gasteiger charge is 2.19. The fourth-order valence-corrected chi connectivity index (χ4v) is 4.88. The predicted octanol–water partition coefficient (Wildman–Crippen LogP) is 4.33. The zero-order valence-corrected chi connectivity index (χ0v) is 12.5. The largest absolute Gasteiger partial charge is 0.481 e. The van der Waals surface area contributed by atoms with Crippen molar-refractivity contribution >= 4 is 45.2 Å². The molecule has 0 aromatic heterocycles. The Kier molecular flexibility index (Phi) is 8.31. The van der Waals surface area contributed by atoms with Gasteiger partial charge in [0, 0.05) is 17.4 Å². The van der Waals surface area contributed by atoms with E-state index < -0.39 is 5.97 Å². The summed E-state index contributed by atoms with van der Waals surface area (Å²) in [5, 5.41) is 9.23. The molecule has 0 amide bonds.